The zero-order chi connectivity index (χ0) is 22.9. The molecule has 0 radical (unpaired) electrons. The quantitative estimate of drug-likeness (QED) is 0.536. The molecule has 8 nitrogen and oxygen atoms in total. The maximum atomic E-state index is 13.0. The van der Waals surface area contributed by atoms with E-state index in [4.69, 9.17) is 0 Å². The van der Waals surface area contributed by atoms with Crippen LogP contribution in [-0.4, -0.2) is 55.5 Å². The number of aliphatic carboxylic acids is 1. The van der Waals surface area contributed by atoms with Gasteiger partial charge in [-0.05, 0) is 28.8 Å². The summed E-state index contributed by atoms with van der Waals surface area (Å²) in [6.45, 7) is 0.247. The minimum atomic E-state index is -4.48. The molecule has 1 aliphatic heterocycles. The van der Waals surface area contributed by atoms with Crippen molar-refractivity contribution in [3.05, 3.63) is 65.4 Å². The third-order valence-electron chi connectivity index (χ3n) is 5.14. The van der Waals surface area contributed by atoms with Crippen LogP contribution in [0.4, 0.5) is 13.2 Å². The molecule has 3 aromatic rings. The number of carboxylic acid groups (broad SMARTS) is 1. The van der Waals surface area contributed by atoms with Crippen LogP contribution in [0.25, 0.3) is 22.5 Å². The predicted molar refractivity (Wildman–Crippen MR) is 109 cm³/mol. The number of halogens is 3. The molecule has 1 unspecified atom stereocenters. The molecule has 4 rings (SSSR count). The summed E-state index contributed by atoms with van der Waals surface area (Å²) in [4.78, 5) is 11.7. The molecule has 0 saturated heterocycles. The highest BCUT2D eigenvalue weighted by Gasteiger charge is 2.39. The van der Waals surface area contributed by atoms with Gasteiger partial charge in [-0.1, -0.05) is 48.5 Å². The average molecular weight is 444 g/mol. The van der Waals surface area contributed by atoms with Crippen LogP contribution >= 0.6 is 0 Å². The van der Waals surface area contributed by atoms with Gasteiger partial charge in [0, 0.05) is 17.7 Å². The van der Waals surface area contributed by atoms with Crippen LogP contribution in [0.1, 0.15) is 12.5 Å². The Kier molecular flexibility index (Phi) is 5.66. The largest absolute Gasteiger partial charge is 0.478 e. The maximum Gasteiger partial charge on any atom is 0.407 e. The molecular formula is C21H19F3N6O2. The van der Waals surface area contributed by atoms with Crippen molar-refractivity contribution >= 4 is 5.97 Å². The number of rotatable bonds is 6. The number of aromatic amines is 1. The molecule has 1 atom stereocenters. The molecule has 1 aliphatic rings. The monoisotopic (exact) mass is 444 g/mol. The molecule has 2 aromatic carbocycles. The van der Waals surface area contributed by atoms with Gasteiger partial charge >= 0.3 is 12.1 Å². The smallest absolute Gasteiger partial charge is 0.407 e. The molecule has 0 bridgehead atoms. The lowest BCUT2D eigenvalue weighted by Gasteiger charge is -2.24. The summed E-state index contributed by atoms with van der Waals surface area (Å²) in [6, 6.07) is 13.9. The summed E-state index contributed by atoms with van der Waals surface area (Å²) >= 11 is 0. The molecule has 166 valence electrons. The van der Waals surface area contributed by atoms with E-state index in [1.54, 1.807) is 12.1 Å². The van der Waals surface area contributed by atoms with Crippen LogP contribution in [0.15, 0.2) is 59.8 Å². The number of benzene rings is 2. The van der Waals surface area contributed by atoms with Crippen molar-refractivity contribution in [1.29, 1.82) is 0 Å². The fraction of sp³-hybridized carbons (Fsp3) is 0.238. The fourth-order valence-corrected chi connectivity index (χ4v) is 3.79. The van der Waals surface area contributed by atoms with Crippen LogP contribution in [-0.2, 0) is 11.2 Å². The van der Waals surface area contributed by atoms with Gasteiger partial charge in [-0.15, -0.1) is 10.2 Å². The van der Waals surface area contributed by atoms with Gasteiger partial charge < -0.3 is 10.1 Å². The number of aromatic nitrogens is 4. The second-order valence-electron chi connectivity index (χ2n) is 7.37. The van der Waals surface area contributed by atoms with Gasteiger partial charge in [0.1, 0.15) is 6.54 Å². The van der Waals surface area contributed by atoms with E-state index in [-0.39, 0.29) is 17.7 Å². The third-order valence-corrected chi connectivity index (χ3v) is 5.14. The summed E-state index contributed by atoms with van der Waals surface area (Å²) < 4.78 is 39.0. The molecule has 0 amide bonds. The van der Waals surface area contributed by atoms with Gasteiger partial charge in [0.05, 0.1) is 11.6 Å². The van der Waals surface area contributed by atoms with Crippen molar-refractivity contribution in [3.63, 3.8) is 0 Å². The summed E-state index contributed by atoms with van der Waals surface area (Å²) in [5.74, 6) is -0.801. The maximum absolute atomic E-state index is 13.0. The number of tetrazole rings is 1. The predicted octanol–water partition coefficient (Wildman–Crippen LogP) is 3.19. The number of allylic oxidation sites excluding steroid dienone is 1. The molecule has 1 aromatic heterocycles. The first kappa shape index (κ1) is 21.5. The topological polar surface area (TPSA) is 107 Å². The second-order valence-corrected chi connectivity index (χ2v) is 7.37. The van der Waals surface area contributed by atoms with Gasteiger partial charge in [0.2, 0.25) is 5.82 Å². The Morgan fingerprint density at radius 3 is 2.41 bits per heavy atom. The van der Waals surface area contributed by atoms with Gasteiger partial charge in [0.25, 0.3) is 0 Å². The lowest BCUT2D eigenvalue weighted by Crippen LogP contribution is -2.42. The Balaban J connectivity index is 1.63. The van der Waals surface area contributed by atoms with E-state index in [2.05, 4.69) is 26.0 Å². The number of carboxylic acids is 1. The van der Waals surface area contributed by atoms with E-state index in [9.17, 15) is 23.1 Å². The van der Waals surface area contributed by atoms with Crippen LogP contribution in [0, 0.1) is 0 Å². The highest BCUT2D eigenvalue weighted by Crippen LogP contribution is 2.32. The third kappa shape index (κ3) is 4.47. The van der Waals surface area contributed by atoms with Crippen molar-refractivity contribution in [2.75, 3.05) is 6.54 Å². The van der Waals surface area contributed by atoms with E-state index >= 15 is 0 Å². The minimum absolute atomic E-state index is 0.0435. The molecule has 11 heteroatoms. The zero-order valence-corrected chi connectivity index (χ0v) is 16.9. The van der Waals surface area contributed by atoms with Crippen LogP contribution in [0.5, 0.6) is 0 Å². The highest BCUT2D eigenvalue weighted by atomic mass is 19.4. The number of hydrogen-bond donors (Lipinski definition) is 3. The number of alkyl halides is 3. The van der Waals surface area contributed by atoms with E-state index in [1.165, 1.54) is 6.92 Å². The van der Waals surface area contributed by atoms with Crippen molar-refractivity contribution in [2.45, 2.75) is 25.6 Å². The van der Waals surface area contributed by atoms with Gasteiger partial charge in [-0.25, -0.2) is 10.2 Å². The number of nitrogens with one attached hydrogen (secondary N) is 2. The summed E-state index contributed by atoms with van der Waals surface area (Å²) in [5, 5.41) is 24.5. The second kappa shape index (κ2) is 8.42. The molecular weight excluding hydrogens is 425 g/mol. The molecule has 2 heterocycles. The van der Waals surface area contributed by atoms with Gasteiger partial charge in [-0.3, -0.25) is 0 Å². The first-order valence-corrected chi connectivity index (χ1v) is 9.72. The van der Waals surface area contributed by atoms with E-state index in [1.807, 2.05) is 36.4 Å². The number of nitrogens with zero attached hydrogens (tertiary/aromatic N) is 4. The van der Waals surface area contributed by atoms with Gasteiger partial charge in [-0.2, -0.15) is 18.4 Å². The van der Waals surface area contributed by atoms with E-state index in [0.29, 0.717) is 11.4 Å². The number of carbonyl (C=O) groups is 1. The molecule has 0 spiro atoms. The fourth-order valence-electron chi connectivity index (χ4n) is 3.79. The lowest BCUT2D eigenvalue weighted by molar-refractivity contribution is -0.146. The Morgan fingerprint density at radius 2 is 1.81 bits per heavy atom. The average Bonchev–Trinajstić information content (AvgIpc) is 3.36. The SMILES string of the molecule is CC1NN(CC(F)(F)F)C(Cc2ccc(-c3ccccc3-c3nn[nH]n3)cc2)=C1C(=O)O. The van der Waals surface area contributed by atoms with Crippen molar-refractivity contribution in [1.82, 2.24) is 31.1 Å². The molecule has 0 fully saturated rings. The standard InChI is InChI=1S/C21H19F3N6O2/c1-12-18(20(31)32)17(30(27-12)11-21(22,23)24)10-13-6-8-14(9-7-13)15-4-2-3-5-16(15)19-25-28-29-26-19/h2-9,12,27H,10-11H2,1H3,(H,31,32)(H,25,26,28,29). The number of hydrogen-bond acceptors (Lipinski definition) is 6. The Morgan fingerprint density at radius 1 is 1.12 bits per heavy atom. The number of hydrazine groups is 1. The minimum Gasteiger partial charge on any atom is -0.478 e. The van der Waals surface area contributed by atoms with Crippen molar-refractivity contribution in [3.8, 4) is 22.5 Å². The van der Waals surface area contributed by atoms with Crippen LogP contribution < -0.4 is 5.43 Å². The molecule has 0 saturated carbocycles. The Labute approximate surface area is 180 Å². The summed E-state index contributed by atoms with van der Waals surface area (Å²) in [6.07, 6.45) is -4.43. The highest BCUT2D eigenvalue weighted by molar-refractivity contribution is 5.89. The lowest BCUT2D eigenvalue weighted by atomic mass is 9.96. The van der Waals surface area contributed by atoms with Crippen LogP contribution in [0.3, 0.4) is 0 Å². The normalized spacial score (nSPS) is 16.6. The molecule has 32 heavy (non-hydrogen) atoms. The first-order valence-electron chi connectivity index (χ1n) is 9.72. The molecule has 0 aliphatic carbocycles. The molecule has 3 N–H and O–H groups in total. The number of H-pyrrole nitrogens is 1. The first-order chi connectivity index (χ1) is 15.2. The van der Waals surface area contributed by atoms with Crippen molar-refractivity contribution in [2.24, 2.45) is 0 Å². The van der Waals surface area contributed by atoms with E-state index < -0.39 is 24.7 Å². The Bertz CT molecular complexity index is 1140. The summed E-state index contributed by atoms with van der Waals surface area (Å²) in [5.41, 5.74) is 5.81. The van der Waals surface area contributed by atoms with Crippen molar-refractivity contribution < 1.29 is 23.1 Å². The Hall–Kier alpha value is -3.73. The van der Waals surface area contributed by atoms with E-state index in [0.717, 1.165) is 21.7 Å². The van der Waals surface area contributed by atoms with Crippen LogP contribution in [0.2, 0.25) is 0 Å². The van der Waals surface area contributed by atoms with Gasteiger partial charge in [0.15, 0.2) is 0 Å². The summed E-state index contributed by atoms with van der Waals surface area (Å²) in [7, 11) is 0. The zero-order valence-electron chi connectivity index (χ0n) is 16.9.